The number of para-hydroxylation sites is 1. The lowest BCUT2D eigenvalue weighted by Gasteiger charge is -2.23. The van der Waals surface area contributed by atoms with Crippen LogP contribution >= 0.6 is 23.1 Å². The summed E-state index contributed by atoms with van der Waals surface area (Å²) in [4.78, 5) is 14.6. The molecule has 1 unspecified atom stereocenters. The van der Waals surface area contributed by atoms with E-state index in [4.69, 9.17) is 0 Å². The van der Waals surface area contributed by atoms with Crippen molar-refractivity contribution in [3.63, 3.8) is 0 Å². The summed E-state index contributed by atoms with van der Waals surface area (Å²) in [6, 6.07) is 15.7. The van der Waals surface area contributed by atoms with Gasteiger partial charge in [-0.1, -0.05) is 47.4 Å². The Bertz CT molecular complexity index is 903. The molecule has 1 amide bonds. The number of aromatic nitrogens is 2. The van der Waals surface area contributed by atoms with Crippen molar-refractivity contribution in [1.82, 2.24) is 10.2 Å². The molecule has 0 radical (unpaired) electrons. The average molecular weight is 403 g/mol. The van der Waals surface area contributed by atoms with E-state index in [2.05, 4.69) is 15.5 Å². The molecule has 0 aliphatic rings. The van der Waals surface area contributed by atoms with E-state index in [-0.39, 0.29) is 17.0 Å². The molecule has 0 saturated carbocycles. The average Bonchev–Trinajstić information content (AvgIpc) is 3.10. The lowest BCUT2D eigenvalue weighted by Crippen LogP contribution is -2.36. The molecule has 5 nitrogen and oxygen atoms in total. The van der Waals surface area contributed by atoms with Gasteiger partial charge in [-0.2, -0.15) is 0 Å². The quantitative estimate of drug-likeness (QED) is 0.567. The van der Waals surface area contributed by atoms with Crippen molar-refractivity contribution in [3.05, 3.63) is 60.4 Å². The van der Waals surface area contributed by atoms with Gasteiger partial charge >= 0.3 is 0 Å². The van der Waals surface area contributed by atoms with Crippen LogP contribution in [0.25, 0.3) is 0 Å². The number of carbonyl (C=O) groups excluding carboxylic acids is 1. The van der Waals surface area contributed by atoms with Gasteiger partial charge in [-0.05, 0) is 44.2 Å². The second kappa shape index (κ2) is 8.96. The molecular formula is C19H19FN4OS2. The number of rotatable bonds is 7. The third-order valence-electron chi connectivity index (χ3n) is 3.76. The third-order valence-corrected chi connectivity index (χ3v) is 5.77. The highest BCUT2D eigenvalue weighted by molar-refractivity contribution is 8.02. The van der Waals surface area contributed by atoms with Crippen molar-refractivity contribution in [2.75, 3.05) is 16.8 Å². The smallest absolute Gasteiger partial charge is 0.240 e. The van der Waals surface area contributed by atoms with E-state index >= 15 is 0 Å². The fraction of sp³-hybridized carbons (Fsp3) is 0.211. The van der Waals surface area contributed by atoms with Gasteiger partial charge in [0.15, 0.2) is 4.34 Å². The van der Waals surface area contributed by atoms with Crippen molar-refractivity contribution in [3.8, 4) is 0 Å². The zero-order valence-electron chi connectivity index (χ0n) is 14.9. The van der Waals surface area contributed by atoms with Gasteiger partial charge in [-0.25, -0.2) is 4.39 Å². The van der Waals surface area contributed by atoms with E-state index in [1.165, 1.54) is 35.2 Å². The Kier molecular flexibility index (Phi) is 6.41. The van der Waals surface area contributed by atoms with Gasteiger partial charge in [0, 0.05) is 17.9 Å². The van der Waals surface area contributed by atoms with E-state index in [0.29, 0.717) is 21.7 Å². The largest absolute Gasteiger partial charge is 0.330 e. The van der Waals surface area contributed by atoms with E-state index in [0.717, 1.165) is 5.69 Å². The molecule has 0 spiro atoms. The highest BCUT2D eigenvalue weighted by Crippen LogP contribution is 2.31. The number of nitrogens with one attached hydrogen (secondary N) is 1. The van der Waals surface area contributed by atoms with Crippen LogP contribution in [-0.4, -0.2) is 27.9 Å². The Labute approximate surface area is 165 Å². The normalized spacial score (nSPS) is 11.8. The minimum absolute atomic E-state index is 0.0172. The fourth-order valence-electron chi connectivity index (χ4n) is 2.49. The number of hydrogen-bond acceptors (Lipinski definition) is 6. The molecule has 140 valence electrons. The van der Waals surface area contributed by atoms with Crippen LogP contribution in [0.3, 0.4) is 0 Å². The number of carbonyl (C=O) groups is 1. The van der Waals surface area contributed by atoms with E-state index in [9.17, 15) is 9.18 Å². The first-order chi connectivity index (χ1) is 13.1. The maximum absolute atomic E-state index is 13.3. The Morgan fingerprint density at radius 3 is 2.70 bits per heavy atom. The number of nitrogens with zero attached hydrogens (tertiary/aromatic N) is 3. The molecule has 0 aliphatic carbocycles. The third kappa shape index (κ3) is 5.05. The van der Waals surface area contributed by atoms with Crippen LogP contribution in [0.2, 0.25) is 0 Å². The molecular weight excluding hydrogens is 383 g/mol. The van der Waals surface area contributed by atoms with Crippen LogP contribution in [-0.2, 0) is 4.79 Å². The number of benzene rings is 2. The first-order valence-corrected chi connectivity index (χ1v) is 10.2. The molecule has 1 atom stereocenters. The fourth-order valence-corrected chi connectivity index (χ4v) is 4.47. The molecule has 1 N–H and O–H groups in total. The number of thioether (sulfide) groups is 1. The Hall–Kier alpha value is -2.45. The molecule has 0 saturated heterocycles. The zero-order valence-corrected chi connectivity index (χ0v) is 16.6. The zero-order chi connectivity index (χ0) is 19.2. The standard InChI is InChI=1S/C19H19FN4OS2/c1-3-24(16-10-5-4-6-11-16)17(25)13(2)26-19-23-22-18(27-19)21-15-9-7-8-14(20)12-15/h4-13H,3H2,1-2H3,(H,21,22). The summed E-state index contributed by atoms with van der Waals surface area (Å²) in [5.74, 6) is -0.303. The minimum Gasteiger partial charge on any atom is -0.330 e. The molecule has 27 heavy (non-hydrogen) atoms. The summed E-state index contributed by atoms with van der Waals surface area (Å²) in [6.07, 6.45) is 0. The Morgan fingerprint density at radius 2 is 2.00 bits per heavy atom. The van der Waals surface area contributed by atoms with Crippen molar-refractivity contribution in [2.45, 2.75) is 23.4 Å². The highest BCUT2D eigenvalue weighted by Gasteiger charge is 2.23. The molecule has 3 aromatic rings. The summed E-state index contributed by atoms with van der Waals surface area (Å²) in [5.41, 5.74) is 1.48. The second-order valence-corrected chi connectivity index (χ2v) is 8.25. The molecule has 1 heterocycles. The van der Waals surface area contributed by atoms with E-state index < -0.39 is 0 Å². The van der Waals surface area contributed by atoms with Gasteiger partial charge in [0.2, 0.25) is 11.0 Å². The predicted octanol–water partition coefficient (Wildman–Crippen LogP) is 4.95. The van der Waals surface area contributed by atoms with Gasteiger partial charge in [-0.3, -0.25) is 4.79 Å². The monoisotopic (exact) mass is 402 g/mol. The number of hydrogen-bond donors (Lipinski definition) is 1. The maximum atomic E-state index is 13.3. The highest BCUT2D eigenvalue weighted by atomic mass is 32.2. The van der Waals surface area contributed by atoms with Crippen LogP contribution in [0.15, 0.2) is 58.9 Å². The van der Waals surface area contributed by atoms with E-state index in [1.807, 2.05) is 44.2 Å². The van der Waals surface area contributed by atoms with Crippen molar-refractivity contribution < 1.29 is 9.18 Å². The van der Waals surface area contributed by atoms with E-state index in [1.54, 1.807) is 17.0 Å². The second-order valence-electron chi connectivity index (χ2n) is 5.69. The van der Waals surface area contributed by atoms with Gasteiger partial charge in [0.25, 0.3) is 0 Å². The first kappa shape index (κ1) is 19.3. The summed E-state index contributed by atoms with van der Waals surface area (Å²) < 4.78 is 13.9. The lowest BCUT2D eigenvalue weighted by atomic mass is 10.2. The molecule has 8 heteroatoms. The Balaban J connectivity index is 1.64. The topological polar surface area (TPSA) is 58.1 Å². The molecule has 0 aliphatic heterocycles. The summed E-state index contributed by atoms with van der Waals surface area (Å²) in [5, 5.41) is 11.5. The van der Waals surface area contributed by atoms with Crippen LogP contribution in [0, 0.1) is 5.82 Å². The molecule has 3 rings (SSSR count). The van der Waals surface area contributed by atoms with Gasteiger partial charge < -0.3 is 10.2 Å². The predicted molar refractivity (Wildman–Crippen MR) is 109 cm³/mol. The summed E-state index contributed by atoms with van der Waals surface area (Å²) in [7, 11) is 0. The molecule has 1 aromatic heterocycles. The van der Waals surface area contributed by atoms with Crippen molar-refractivity contribution in [2.24, 2.45) is 0 Å². The van der Waals surface area contributed by atoms with Crippen LogP contribution in [0.4, 0.5) is 20.9 Å². The first-order valence-electron chi connectivity index (χ1n) is 8.46. The molecule has 2 aromatic carbocycles. The molecule has 0 bridgehead atoms. The number of halogens is 1. The van der Waals surface area contributed by atoms with Crippen molar-refractivity contribution in [1.29, 1.82) is 0 Å². The van der Waals surface area contributed by atoms with Crippen LogP contribution in [0.1, 0.15) is 13.8 Å². The molecule has 0 fully saturated rings. The SMILES string of the molecule is CCN(C(=O)C(C)Sc1nnc(Nc2cccc(F)c2)s1)c1ccccc1. The number of anilines is 3. The summed E-state index contributed by atoms with van der Waals surface area (Å²) >= 11 is 2.70. The van der Waals surface area contributed by atoms with Gasteiger partial charge in [0.1, 0.15) is 5.82 Å². The summed E-state index contributed by atoms with van der Waals surface area (Å²) in [6.45, 7) is 4.41. The van der Waals surface area contributed by atoms with Gasteiger partial charge in [0.05, 0.1) is 5.25 Å². The van der Waals surface area contributed by atoms with Crippen LogP contribution in [0.5, 0.6) is 0 Å². The minimum atomic E-state index is -0.320. The Morgan fingerprint density at radius 1 is 1.22 bits per heavy atom. The van der Waals surface area contributed by atoms with Gasteiger partial charge in [-0.15, -0.1) is 10.2 Å². The maximum Gasteiger partial charge on any atom is 0.240 e. The van der Waals surface area contributed by atoms with Crippen LogP contribution < -0.4 is 10.2 Å². The number of amides is 1. The van der Waals surface area contributed by atoms with Crippen molar-refractivity contribution >= 4 is 45.5 Å². The lowest BCUT2D eigenvalue weighted by molar-refractivity contribution is -0.117.